The van der Waals surface area contributed by atoms with Crippen molar-refractivity contribution in [3.63, 3.8) is 0 Å². The molecule has 7 heteroatoms. The standard InChI is InChI=1S/C30H27NO6/c1-21(29(32)31-24-14-16-26(17-15-24)37-25-11-7-4-8-12-25)36-30(33)23-13-18-27(28(19-23)34-2)35-20-22-9-5-3-6-10-22/h3-19,21H,20H2,1-2H3,(H,31,32). The Kier molecular flexibility index (Phi) is 8.39. The highest BCUT2D eigenvalue weighted by Crippen LogP contribution is 2.29. The second kappa shape index (κ2) is 12.3. The van der Waals surface area contributed by atoms with Crippen LogP contribution < -0.4 is 19.5 Å². The fraction of sp³-hybridized carbons (Fsp3) is 0.133. The second-order valence-electron chi connectivity index (χ2n) is 8.12. The Labute approximate surface area is 215 Å². The van der Waals surface area contributed by atoms with Crippen molar-refractivity contribution in [1.82, 2.24) is 0 Å². The van der Waals surface area contributed by atoms with Crippen LogP contribution in [0.3, 0.4) is 0 Å². The lowest BCUT2D eigenvalue weighted by Crippen LogP contribution is -2.30. The van der Waals surface area contributed by atoms with Crippen molar-refractivity contribution >= 4 is 17.6 Å². The summed E-state index contributed by atoms with van der Waals surface area (Å²) in [6, 6.07) is 30.7. The molecule has 0 fully saturated rings. The smallest absolute Gasteiger partial charge is 0.339 e. The highest BCUT2D eigenvalue weighted by Gasteiger charge is 2.20. The van der Waals surface area contributed by atoms with Crippen molar-refractivity contribution in [2.45, 2.75) is 19.6 Å². The molecule has 0 saturated carbocycles. The normalized spacial score (nSPS) is 11.2. The number of ether oxygens (including phenoxy) is 4. The molecule has 1 atom stereocenters. The summed E-state index contributed by atoms with van der Waals surface area (Å²) >= 11 is 0. The van der Waals surface area contributed by atoms with Crippen LogP contribution in [0.15, 0.2) is 103 Å². The number of carbonyl (C=O) groups excluding carboxylic acids is 2. The van der Waals surface area contributed by atoms with Crippen LogP contribution in [0.1, 0.15) is 22.8 Å². The van der Waals surface area contributed by atoms with Gasteiger partial charge in [-0.1, -0.05) is 48.5 Å². The average molecular weight is 498 g/mol. The van der Waals surface area contributed by atoms with Crippen LogP contribution in [0.25, 0.3) is 0 Å². The number of amides is 1. The van der Waals surface area contributed by atoms with E-state index in [4.69, 9.17) is 18.9 Å². The molecule has 0 heterocycles. The first-order valence-corrected chi connectivity index (χ1v) is 11.7. The summed E-state index contributed by atoms with van der Waals surface area (Å²) in [5.74, 6) is 1.12. The molecule has 4 aromatic carbocycles. The first-order valence-electron chi connectivity index (χ1n) is 11.7. The van der Waals surface area contributed by atoms with Crippen LogP contribution in [-0.4, -0.2) is 25.1 Å². The number of benzene rings is 4. The summed E-state index contributed by atoms with van der Waals surface area (Å²) < 4.78 is 22.3. The minimum atomic E-state index is -1.02. The first kappa shape index (κ1) is 25.3. The van der Waals surface area contributed by atoms with E-state index in [-0.39, 0.29) is 5.56 Å². The molecule has 188 valence electrons. The van der Waals surface area contributed by atoms with Gasteiger partial charge in [-0.3, -0.25) is 4.79 Å². The van der Waals surface area contributed by atoms with Crippen molar-refractivity contribution in [1.29, 1.82) is 0 Å². The highest BCUT2D eigenvalue weighted by molar-refractivity contribution is 5.97. The SMILES string of the molecule is COc1cc(C(=O)OC(C)C(=O)Nc2ccc(Oc3ccccc3)cc2)ccc1OCc1ccccc1. The number of methoxy groups -OCH3 is 1. The third kappa shape index (κ3) is 7.11. The monoisotopic (exact) mass is 497 g/mol. The molecule has 1 amide bonds. The second-order valence-corrected chi connectivity index (χ2v) is 8.12. The Morgan fingerprint density at radius 1 is 0.784 bits per heavy atom. The molecule has 0 aliphatic carbocycles. The van der Waals surface area contributed by atoms with Gasteiger partial charge >= 0.3 is 5.97 Å². The molecule has 0 aliphatic heterocycles. The van der Waals surface area contributed by atoms with Gasteiger partial charge in [-0.25, -0.2) is 4.79 Å². The van der Waals surface area contributed by atoms with Gasteiger partial charge in [0, 0.05) is 5.69 Å². The van der Waals surface area contributed by atoms with Gasteiger partial charge in [-0.15, -0.1) is 0 Å². The molecule has 4 rings (SSSR count). The van der Waals surface area contributed by atoms with Crippen LogP contribution in [-0.2, 0) is 16.1 Å². The maximum absolute atomic E-state index is 12.7. The van der Waals surface area contributed by atoms with Crippen LogP contribution in [0.4, 0.5) is 5.69 Å². The van der Waals surface area contributed by atoms with Gasteiger partial charge in [-0.05, 0) is 67.1 Å². The quantitative estimate of drug-likeness (QED) is 0.261. The molecule has 7 nitrogen and oxygen atoms in total. The van der Waals surface area contributed by atoms with Gasteiger partial charge in [0.2, 0.25) is 0 Å². The number of anilines is 1. The van der Waals surface area contributed by atoms with Gasteiger partial charge in [-0.2, -0.15) is 0 Å². The molecule has 4 aromatic rings. The molecular formula is C30H27NO6. The van der Waals surface area contributed by atoms with E-state index in [2.05, 4.69) is 5.32 Å². The van der Waals surface area contributed by atoms with Crippen molar-refractivity contribution in [2.24, 2.45) is 0 Å². The lowest BCUT2D eigenvalue weighted by Gasteiger charge is -2.15. The van der Waals surface area contributed by atoms with Crippen molar-refractivity contribution in [3.05, 3.63) is 114 Å². The topological polar surface area (TPSA) is 83.1 Å². The molecular weight excluding hydrogens is 470 g/mol. The predicted octanol–water partition coefficient (Wildman–Crippen LogP) is 6.25. The van der Waals surface area contributed by atoms with E-state index in [9.17, 15) is 9.59 Å². The zero-order chi connectivity index (χ0) is 26.0. The number of nitrogens with one attached hydrogen (secondary N) is 1. The number of hydrogen-bond acceptors (Lipinski definition) is 6. The Balaban J connectivity index is 1.31. The molecule has 0 radical (unpaired) electrons. The number of carbonyl (C=O) groups is 2. The lowest BCUT2D eigenvalue weighted by molar-refractivity contribution is -0.123. The van der Waals surface area contributed by atoms with Crippen LogP contribution in [0.5, 0.6) is 23.0 Å². The Morgan fingerprint density at radius 2 is 1.43 bits per heavy atom. The van der Waals surface area contributed by atoms with Gasteiger partial charge in [0.05, 0.1) is 12.7 Å². The maximum Gasteiger partial charge on any atom is 0.339 e. The van der Waals surface area contributed by atoms with E-state index < -0.39 is 18.0 Å². The average Bonchev–Trinajstić information content (AvgIpc) is 2.94. The van der Waals surface area contributed by atoms with E-state index in [0.29, 0.717) is 35.3 Å². The van der Waals surface area contributed by atoms with Crippen molar-refractivity contribution in [2.75, 3.05) is 12.4 Å². The number of rotatable bonds is 10. The molecule has 0 bridgehead atoms. The first-order chi connectivity index (χ1) is 18.0. The minimum absolute atomic E-state index is 0.242. The third-order valence-electron chi connectivity index (χ3n) is 5.39. The maximum atomic E-state index is 12.7. The van der Waals surface area contributed by atoms with Crippen molar-refractivity contribution < 1.29 is 28.5 Å². The summed E-state index contributed by atoms with van der Waals surface area (Å²) in [7, 11) is 1.49. The number of para-hydroxylation sites is 1. The van der Waals surface area contributed by atoms with Crippen LogP contribution in [0, 0.1) is 0 Å². The van der Waals surface area contributed by atoms with E-state index in [0.717, 1.165) is 5.56 Å². The Hall–Kier alpha value is -4.78. The molecule has 1 N–H and O–H groups in total. The third-order valence-corrected chi connectivity index (χ3v) is 5.39. The molecule has 0 spiro atoms. The van der Waals surface area contributed by atoms with E-state index in [1.807, 2.05) is 60.7 Å². The summed E-state index contributed by atoms with van der Waals surface area (Å²) in [4.78, 5) is 25.3. The molecule has 1 unspecified atom stereocenters. The molecule has 0 aliphatic rings. The summed E-state index contributed by atoms with van der Waals surface area (Å²) in [6.07, 6.45) is -1.02. The summed E-state index contributed by atoms with van der Waals surface area (Å²) in [6.45, 7) is 1.87. The van der Waals surface area contributed by atoms with E-state index >= 15 is 0 Å². The fourth-order valence-corrected chi connectivity index (χ4v) is 3.41. The largest absolute Gasteiger partial charge is 0.493 e. The number of hydrogen-bond donors (Lipinski definition) is 1. The predicted molar refractivity (Wildman–Crippen MR) is 140 cm³/mol. The highest BCUT2D eigenvalue weighted by atomic mass is 16.5. The summed E-state index contributed by atoms with van der Waals surface area (Å²) in [5.41, 5.74) is 1.80. The fourth-order valence-electron chi connectivity index (χ4n) is 3.41. The van der Waals surface area contributed by atoms with Crippen LogP contribution >= 0.6 is 0 Å². The number of esters is 1. The lowest BCUT2D eigenvalue weighted by atomic mass is 10.2. The zero-order valence-corrected chi connectivity index (χ0v) is 20.5. The molecule has 0 aromatic heterocycles. The molecule has 0 saturated heterocycles. The van der Waals surface area contributed by atoms with Gasteiger partial charge in [0.15, 0.2) is 17.6 Å². The Morgan fingerprint density at radius 3 is 2.11 bits per heavy atom. The van der Waals surface area contributed by atoms with Gasteiger partial charge < -0.3 is 24.3 Å². The van der Waals surface area contributed by atoms with E-state index in [1.54, 1.807) is 36.4 Å². The van der Waals surface area contributed by atoms with Gasteiger partial charge in [0.1, 0.15) is 18.1 Å². The Bertz CT molecular complexity index is 1320. The van der Waals surface area contributed by atoms with Gasteiger partial charge in [0.25, 0.3) is 5.91 Å². The minimum Gasteiger partial charge on any atom is -0.493 e. The summed E-state index contributed by atoms with van der Waals surface area (Å²) in [5, 5.41) is 2.74. The zero-order valence-electron chi connectivity index (χ0n) is 20.5. The van der Waals surface area contributed by atoms with Crippen LogP contribution in [0.2, 0.25) is 0 Å². The van der Waals surface area contributed by atoms with Crippen molar-refractivity contribution in [3.8, 4) is 23.0 Å². The van der Waals surface area contributed by atoms with E-state index in [1.165, 1.54) is 20.1 Å². The molecule has 37 heavy (non-hydrogen) atoms.